The van der Waals surface area contributed by atoms with Crippen LogP contribution in [0.4, 0.5) is 5.69 Å². The van der Waals surface area contributed by atoms with Crippen LogP contribution in [0, 0.1) is 0 Å². The monoisotopic (exact) mass is 404 g/mol. The van der Waals surface area contributed by atoms with Gasteiger partial charge >= 0.3 is 0 Å². The molecular formula is C20H24N2O5S. The maximum absolute atomic E-state index is 12.3. The van der Waals surface area contributed by atoms with Gasteiger partial charge in [0.25, 0.3) is 5.91 Å². The fourth-order valence-corrected chi connectivity index (χ4v) is 3.93. The van der Waals surface area contributed by atoms with E-state index in [1.807, 2.05) is 26.0 Å². The second-order valence-corrected chi connectivity index (χ2v) is 9.59. The Bertz CT molecular complexity index is 999. The van der Waals surface area contributed by atoms with Crippen LogP contribution in [-0.2, 0) is 21.2 Å². The van der Waals surface area contributed by atoms with Gasteiger partial charge in [0.1, 0.15) is 5.60 Å². The summed E-state index contributed by atoms with van der Waals surface area (Å²) in [5, 5.41) is 2.66. The number of sulfonamides is 1. The number of nitrogens with one attached hydrogen (secondary N) is 1. The Morgan fingerprint density at radius 1 is 1.21 bits per heavy atom. The SMILES string of the molecule is CN(C)S(=O)(=O)c1cccc(NC(=O)COc2cccc3c2OC(C)(C)C3)c1. The van der Waals surface area contributed by atoms with Crippen LogP contribution in [0.3, 0.4) is 0 Å². The van der Waals surface area contributed by atoms with Crippen molar-refractivity contribution in [1.29, 1.82) is 0 Å². The number of hydrogen-bond donors (Lipinski definition) is 1. The molecule has 150 valence electrons. The number of hydrogen-bond acceptors (Lipinski definition) is 5. The molecule has 0 unspecified atom stereocenters. The van der Waals surface area contributed by atoms with Crippen LogP contribution in [-0.4, -0.2) is 44.9 Å². The quantitative estimate of drug-likeness (QED) is 0.800. The van der Waals surface area contributed by atoms with E-state index in [1.165, 1.54) is 26.2 Å². The first-order valence-electron chi connectivity index (χ1n) is 8.85. The first-order valence-corrected chi connectivity index (χ1v) is 10.3. The van der Waals surface area contributed by atoms with E-state index in [1.54, 1.807) is 18.2 Å². The molecule has 0 radical (unpaired) electrons. The molecule has 0 spiro atoms. The number of carbonyl (C=O) groups is 1. The molecule has 0 fully saturated rings. The van der Waals surface area contributed by atoms with E-state index in [-0.39, 0.29) is 17.1 Å². The van der Waals surface area contributed by atoms with E-state index in [0.29, 0.717) is 17.2 Å². The van der Waals surface area contributed by atoms with Crippen LogP contribution in [0.15, 0.2) is 47.4 Å². The molecule has 0 aliphatic carbocycles. The van der Waals surface area contributed by atoms with Gasteiger partial charge in [0, 0.05) is 31.8 Å². The van der Waals surface area contributed by atoms with E-state index in [0.717, 1.165) is 16.3 Å². The maximum Gasteiger partial charge on any atom is 0.262 e. The molecule has 1 aliphatic heterocycles. The first kappa shape index (κ1) is 20.2. The van der Waals surface area contributed by atoms with Crippen LogP contribution in [0.5, 0.6) is 11.5 Å². The number of amides is 1. The molecule has 8 heteroatoms. The summed E-state index contributed by atoms with van der Waals surface area (Å²) in [5.74, 6) is 0.788. The molecule has 0 saturated carbocycles. The van der Waals surface area contributed by atoms with Crippen molar-refractivity contribution < 1.29 is 22.7 Å². The van der Waals surface area contributed by atoms with Gasteiger partial charge in [0.05, 0.1) is 4.90 Å². The molecule has 7 nitrogen and oxygen atoms in total. The summed E-state index contributed by atoms with van der Waals surface area (Å²) >= 11 is 0. The molecule has 1 amide bonds. The standard InChI is InChI=1S/C20H24N2O5S/c1-20(2)12-14-7-5-10-17(19(14)27-20)26-13-18(23)21-15-8-6-9-16(11-15)28(24,25)22(3)4/h5-11H,12-13H2,1-4H3,(H,21,23). The van der Waals surface area contributed by atoms with Crippen molar-refractivity contribution >= 4 is 21.6 Å². The van der Waals surface area contributed by atoms with Gasteiger partial charge < -0.3 is 14.8 Å². The van der Waals surface area contributed by atoms with Gasteiger partial charge in [0.15, 0.2) is 18.1 Å². The summed E-state index contributed by atoms with van der Waals surface area (Å²) in [4.78, 5) is 12.4. The fraction of sp³-hybridized carbons (Fsp3) is 0.350. The molecule has 3 rings (SSSR count). The third-order valence-corrected chi connectivity index (χ3v) is 6.12. The van der Waals surface area contributed by atoms with E-state index in [9.17, 15) is 13.2 Å². The molecule has 0 saturated heterocycles. The van der Waals surface area contributed by atoms with Gasteiger partial charge in [-0.3, -0.25) is 4.79 Å². The van der Waals surface area contributed by atoms with E-state index >= 15 is 0 Å². The summed E-state index contributed by atoms with van der Waals surface area (Å²) in [6.45, 7) is 3.78. The van der Waals surface area contributed by atoms with Crippen LogP contribution in [0.1, 0.15) is 19.4 Å². The third kappa shape index (κ3) is 4.28. The van der Waals surface area contributed by atoms with Gasteiger partial charge in [-0.2, -0.15) is 0 Å². The zero-order valence-corrected chi connectivity index (χ0v) is 17.2. The zero-order valence-electron chi connectivity index (χ0n) is 16.4. The lowest BCUT2D eigenvalue weighted by atomic mass is 10.0. The smallest absolute Gasteiger partial charge is 0.262 e. The normalized spacial score (nSPS) is 15.0. The Hall–Kier alpha value is -2.58. The summed E-state index contributed by atoms with van der Waals surface area (Å²) < 4.78 is 37.1. The van der Waals surface area contributed by atoms with Crippen molar-refractivity contribution in [2.24, 2.45) is 0 Å². The van der Waals surface area contributed by atoms with Crippen LogP contribution in [0.2, 0.25) is 0 Å². The van der Waals surface area contributed by atoms with Gasteiger partial charge in [-0.05, 0) is 38.1 Å². The Morgan fingerprint density at radius 2 is 1.93 bits per heavy atom. The largest absolute Gasteiger partial charge is 0.483 e. The van der Waals surface area contributed by atoms with Gasteiger partial charge in [-0.1, -0.05) is 18.2 Å². The summed E-state index contributed by atoms with van der Waals surface area (Å²) in [6, 6.07) is 11.7. The average Bonchev–Trinajstić information content (AvgIpc) is 2.94. The zero-order chi connectivity index (χ0) is 20.5. The minimum Gasteiger partial charge on any atom is -0.483 e. The molecule has 2 aromatic carbocycles. The number of fused-ring (bicyclic) bond motifs is 1. The van der Waals surface area contributed by atoms with Crippen molar-refractivity contribution in [1.82, 2.24) is 4.31 Å². The van der Waals surface area contributed by atoms with Crippen LogP contribution >= 0.6 is 0 Å². The van der Waals surface area contributed by atoms with Crippen molar-refractivity contribution in [3.8, 4) is 11.5 Å². The van der Waals surface area contributed by atoms with Crippen molar-refractivity contribution in [3.05, 3.63) is 48.0 Å². The van der Waals surface area contributed by atoms with Crippen molar-refractivity contribution in [2.45, 2.75) is 30.8 Å². The minimum atomic E-state index is -3.57. The highest BCUT2D eigenvalue weighted by atomic mass is 32.2. The Morgan fingerprint density at radius 3 is 2.64 bits per heavy atom. The Balaban J connectivity index is 1.66. The van der Waals surface area contributed by atoms with Gasteiger partial charge in [-0.25, -0.2) is 12.7 Å². The van der Waals surface area contributed by atoms with Crippen LogP contribution in [0.25, 0.3) is 0 Å². The highest BCUT2D eigenvalue weighted by Crippen LogP contribution is 2.41. The number of anilines is 1. The summed E-state index contributed by atoms with van der Waals surface area (Å²) in [5.41, 5.74) is 1.12. The lowest BCUT2D eigenvalue weighted by Gasteiger charge is -2.18. The van der Waals surface area contributed by atoms with Crippen molar-refractivity contribution in [2.75, 3.05) is 26.0 Å². The summed E-state index contributed by atoms with van der Waals surface area (Å²) in [7, 11) is -0.665. The predicted molar refractivity (Wildman–Crippen MR) is 106 cm³/mol. The molecule has 28 heavy (non-hydrogen) atoms. The molecule has 1 N–H and O–H groups in total. The summed E-state index contributed by atoms with van der Waals surface area (Å²) in [6.07, 6.45) is 0.777. The molecule has 0 bridgehead atoms. The van der Waals surface area contributed by atoms with Crippen molar-refractivity contribution in [3.63, 3.8) is 0 Å². The van der Waals surface area contributed by atoms with E-state index in [4.69, 9.17) is 9.47 Å². The molecule has 0 aromatic heterocycles. The third-order valence-electron chi connectivity index (χ3n) is 4.31. The topological polar surface area (TPSA) is 84.9 Å². The minimum absolute atomic E-state index is 0.104. The molecule has 0 atom stereocenters. The van der Waals surface area contributed by atoms with Gasteiger partial charge in [-0.15, -0.1) is 0 Å². The highest BCUT2D eigenvalue weighted by Gasteiger charge is 2.32. The fourth-order valence-electron chi connectivity index (χ4n) is 2.99. The number of carbonyl (C=O) groups excluding carboxylic acids is 1. The molecule has 1 heterocycles. The number of para-hydroxylation sites is 1. The maximum atomic E-state index is 12.3. The number of rotatable bonds is 6. The lowest BCUT2D eigenvalue weighted by molar-refractivity contribution is -0.118. The second kappa shape index (κ2) is 7.44. The van der Waals surface area contributed by atoms with E-state index in [2.05, 4.69) is 5.32 Å². The molecule has 1 aliphatic rings. The van der Waals surface area contributed by atoms with E-state index < -0.39 is 15.9 Å². The van der Waals surface area contributed by atoms with Gasteiger partial charge in [0.2, 0.25) is 10.0 Å². The Labute approximate surface area is 165 Å². The number of nitrogens with zero attached hydrogens (tertiary/aromatic N) is 1. The lowest BCUT2D eigenvalue weighted by Crippen LogP contribution is -2.25. The molecular weight excluding hydrogens is 380 g/mol. The van der Waals surface area contributed by atoms with Crippen LogP contribution < -0.4 is 14.8 Å². The number of benzene rings is 2. The average molecular weight is 404 g/mol. The Kier molecular flexibility index (Phi) is 5.36. The number of ether oxygens (including phenoxy) is 2. The highest BCUT2D eigenvalue weighted by molar-refractivity contribution is 7.89. The second-order valence-electron chi connectivity index (χ2n) is 7.44. The first-order chi connectivity index (χ1) is 13.1. The predicted octanol–water partition coefficient (Wildman–Crippen LogP) is 2.67. The molecule has 2 aromatic rings.